The molecule has 7 nitrogen and oxygen atoms in total. The topological polar surface area (TPSA) is 78.9 Å². The molecule has 0 aromatic heterocycles. The van der Waals surface area contributed by atoms with E-state index in [1.54, 1.807) is 18.2 Å². The highest BCUT2D eigenvalue weighted by Crippen LogP contribution is 2.21. The molecule has 2 aromatic rings. The van der Waals surface area contributed by atoms with Crippen molar-refractivity contribution in [2.75, 3.05) is 39.8 Å². The molecule has 0 bridgehead atoms. The van der Waals surface area contributed by atoms with Gasteiger partial charge in [0.05, 0.1) is 17.5 Å². The zero-order valence-corrected chi connectivity index (χ0v) is 18.5. The van der Waals surface area contributed by atoms with Crippen LogP contribution in [-0.4, -0.2) is 63.4 Å². The Morgan fingerprint density at radius 2 is 1.77 bits per heavy atom. The summed E-state index contributed by atoms with van der Waals surface area (Å²) in [7, 11) is -1.65. The average molecular weight is 432 g/mol. The summed E-state index contributed by atoms with van der Waals surface area (Å²) in [6.45, 7) is 6.69. The van der Waals surface area contributed by atoms with Crippen LogP contribution in [0.2, 0.25) is 0 Å². The SMILES string of the molecule is CCOc1ccc([C@H](C)NC(=O)c2cccc(S(=O)(=O)N3CCN(C)CC3)c2)cc1. The molecular formula is C22H29N3O4S. The van der Waals surface area contributed by atoms with Crippen molar-refractivity contribution >= 4 is 15.9 Å². The van der Waals surface area contributed by atoms with Crippen molar-refractivity contribution in [2.24, 2.45) is 0 Å². The number of hydrogen-bond donors (Lipinski definition) is 1. The summed E-state index contributed by atoms with van der Waals surface area (Å²) in [6, 6.07) is 13.5. The van der Waals surface area contributed by atoms with E-state index in [1.807, 2.05) is 45.2 Å². The lowest BCUT2D eigenvalue weighted by Crippen LogP contribution is -2.47. The first-order valence-corrected chi connectivity index (χ1v) is 11.6. The van der Waals surface area contributed by atoms with Crippen LogP contribution in [0.3, 0.4) is 0 Å². The van der Waals surface area contributed by atoms with Crippen LogP contribution in [0.15, 0.2) is 53.4 Å². The lowest BCUT2D eigenvalue weighted by molar-refractivity contribution is 0.0939. The van der Waals surface area contributed by atoms with E-state index in [0.29, 0.717) is 38.3 Å². The number of rotatable bonds is 7. The van der Waals surface area contributed by atoms with Crippen molar-refractivity contribution in [2.45, 2.75) is 24.8 Å². The van der Waals surface area contributed by atoms with Crippen LogP contribution in [-0.2, 0) is 10.0 Å². The van der Waals surface area contributed by atoms with Gasteiger partial charge in [-0.1, -0.05) is 18.2 Å². The van der Waals surface area contributed by atoms with Gasteiger partial charge in [-0.05, 0) is 56.8 Å². The molecule has 0 radical (unpaired) electrons. The number of ether oxygens (including phenoxy) is 1. The van der Waals surface area contributed by atoms with Gasteiger partial charge in [0, 0.05) is 31.7 Å². The van der Waals surface area contributed by atoms with E-state index in [-0.39, 0.29) is 16.8 Å². The van der Waals surface area contributed by atoms with Crippen molar-refractivity contribution in [1.29, 1.82) is 0 Å². The predicted molar refractivity (Wildman–Crippen MR) is 116 cm³/mol. The largest absolute Gasteiger partial charge is 0.494 e. The Kier molecular flexibility index (Phi) is 7.12. The molecule has 1 amide bonds. The summed E-state index contributed by atoms with van der Waals surface area (Å²) in [6.07, 6.45) is 0. The number of amides is 1. The van der Waals surface area contributed by atoms with E-state index < -0.39 is 10.0 Å². The highest BCUT2D eigenvalue weighted by Gasteiger charge is 2.28. The summed E-state index contributed by atoms with van der Waals surface area (Å²) in [4.78, 5) is 15.0. The molecule has 162 valence electrons. The van der Waals surface area contributed by atoms with E-state index in [1.165, 1.54) is 10.4 Å². The lowest BCUT2D eigenvalue weighted by atomic mass is 10.1. The van der Waals surface area contributed by atoms with Gasteiger partial charge in [-0.15, -0.1) is 0 Å². The number of piperazine rings is 1. The molecule has 0 aliphatic carbocycles. The van der Waals surface area contributed by atoms with Gasteiger partial charge in [0.15, 0.2) is 0 Å². The third-order valence-electron chi connectivity index (χ3n) is 5.23. The second-order valence-corrected chi connectivity index (χ2v) is 9.37. The molecule has 1 atom stereocenters. The molecule has 1 aliphatic rings. The third kappa shape index (κ3) is 5.19. The fraction of sp³-hybridized carbons (Fsp3) is 0.409. The smallest absolute Gasteiger partial charge is 0.251 e. The quantitative estimate of drug-likeness (QED) is 0.729. The molecular weight excluding hydrogens is 402 g/mol. The number of nitrogens with zero attached hydrogens (tertiary/aromatic N) is 2. The molecule has 1 heterocycles. The number of benzene rings is 2. The van der Waals surface area contributed by atoms with Gasteiger partial charge in [-0.3, -0.25) is 4.79 Å². The Morgan fingerprint density at radius 3 is 2.40 bits per heavy atom. The summed E-state index contributed by atoms with van der Waals surface area (Å²) in [5.41, 5.74) is 1.26. The number of nitrogens with one attached hydrogen (secondary N) is 1. The van der Waals surface area contributed by atoms with Crippen LogP contribution in [0.1, 0.15) is 35.8 Å². The molecule has 30 heavy (non-hydrogen) atoms. The van der Waals surface area contributed by atoms with Crippen LogP contribution >= 0.6 is 0 Å². The summed E-state index contributed by atoms with van der Waals surface area (Å²) >= 11 is 0. The molecule has 1 aliphatic heterocycles. The number of carbonyl (C=O) groups excluding carboxylic acids is 1. The highest BCUT2D eigenvalue weighted by molar-refractivity contribution is 7.89. The summed E-state index contributed by atoms with van der Waals surface area (Å²) in [5, 5.41) is 2.93. The van der Waals surface area contributed by atoms with E-state index in [9.17, 15) is 13.2 Å². The van der Waals surface area contributed by atoms with Gasteiger partial charge in [0.25, 0.3) is 5.91 Å². The van der Waals surface area contributed by atoms with Crippen molar-refractivity contribution < 1.29 is 17.9 Å². The minimum absolute atomic E-state index is 0.147. The Labute approximate surface area is 178 Å². The number of hydrogen-bond acceptors (Lipinski definition) is 5. The number of likely N-dealkylation sites (N-methyl/N-ethyl adjacent to an activating group) is 1. The molecule has 1 fully saturated rings. The third-order valence-corrected chi connectivity index (χ3v) is 7.13. The van der Waals surface area contributed by atoms with Gasteiger partial charge >= 0.3 is 0 Å². The van der Waals surface area contributed by atoms with Crippen LogP contribution in [0, 0.1) is 0 Å². The monoisotopic (exact) mass is 431 g/mol. The molecule has 3 rings (SSSR count). The maximum Gasteiger partial charge on any atom is 0.251 e. The normalized spacial score (nSPS) is 16.8. The minimum atomic E-state index is -3.62. The van der Waals surface area contributed by atoms with Crippen molar-refractivity contribution in [3.63, 3.8) is 0 Å². The first kappa shape index (κ1) is 22.3. The zero-order chi connectivity index (χ0) is 21.7. The summed E-state index contributed by atoms with van der Waals surface area (Å²) < 4.78 is 32.8. The molecule has 0 saturated carbocycles. The lowest BCUT2D eigenvalue weighted by Gasteiger charge is -2.31. The van der Waals surface area contributed by atoms with E-state index in [4.69, 9.17) is 4.74 Å². The maximum atomic E-state index is 13.0. The predicted octanol–water partition coefficient (Wildman–Crippen LogP) is 2.51. The van der Waals surface area contributed by atoms with Gasteiger partial charge in [0.2, 0.25) is 10.0 Å². The molecule has 2 aromatic carbocycles. The number of sulfonamides is 1. The van der Waals surface area contributed by atoms with Crippen molar-refractivity contribution in [3.05, 3.63) is 59.7 Å². The maximum absolute atomic E-state index is 13.0. The molecule has 0 unspecified atom stereocenters. The highest BCUT2D eigenvalue weighted by atomic mass is 32.2. The Hall–Kier alpha value is -2.42. The van der Waals surface area contributed by atoms with Crippen molar-refractivity contribution in [1.82, 2.24) is 14.5 Å². The fourth-order valence-electron chi connectivity index (χ4n) is 3.36. The van der Waals surface area contributed by atoms with Crippen LogP contribution in [0.25, 0.3) is 0 Å². The van der Waals surface area contributed by atoms with E-state index in [2.05, 4.69) is 10.2 Å². The van der Waals surface area contributed by atoms with Crippen LogP contribution in [0.5, 0.6) is 5.75 Å². The van der Waals surface area contributed by atoms with Gasteiger partial charge in [-0.25, -0.2) is 8.42 Å². The standard InChI is InChI=1S/C22H29N3O4S/c1-4-29-20-10-8-18(9-11-20)17(2)23-22(26)19-6-5-7-21(16-19)30(27,28)25-14-12-24(3)13-15-25/h5-11,16-17H,4,12-15H2,1-3H3,(H,23,26)/t17-/m0/s1. The van der Waals surface area contributed by atoms with E-state index in [0.717, 1.165) is 11.3 Å². The zero-order valence-electron chi connectivity index (χ0n) is 17.7. The van der Waals surface area contributed by atoms with Gasteiger partial charge < -0.3 is 15.0 Å². The van der Waals surface area contributed by atoms with Gasteiger partial charge in [0.1, 0.15) is 5.75 Å². The summed E-state index contributed by atoms with van der Waals surface area (Å²) in [5.74, 6) is 0.466. The molecule has 8 heteroatoms. The van der Waals surface area contributed by atoms with Gasteiger partial charge in [-0.2, -0.15) is 4.31 Å². The molecule has 1 N–H and O–H groups in total. The Morgan fingerprint density at radius 1 is 1.10 bits per heavy atom. The van der Waals surface area contributed by atoms with Crippen LogP contribution in [0.4, 0.5) is 0 Å². The van der Waals surface area contributed by atoms with E-state index >= 15 is 0 Å². The molecule has 0 spiro atoms. The second-order valence-electron chi connectivity index (χ2n) is 7.43. The molecule has 1 saturated heterocycles. The number of carbonyl (C=O) groups is 1. The van der Waals surface area contributed by atoms with Crippen LogP contribution < -0.4 is 10.1 Å². The Bertz CT molecular complexity index is 968. The fourth-order valence-corrected chi connectivity index (χ4v) is 4.83. The van der Waals surface area contributed by atoms with Crippen molar-refractivity contribution in [3.8, 4) is 5.75 Å². The minimum Gasteiger partial charge on any atom is -0.494 e. The second kappa shape index (κ2) is 9.59. The Balaban J connectivity index is 1.71. The first-order valence-electron chi connectivity index (χ1n) is 10.1. The first-order chi connectivity index (χ1) is 14.3. The average Bonchev–Trinajstić information content (AvgIpc) is 2.75.